The van der Waals surface area contributed by atoms with Gasteiger partial charge >= 0.3 is 0 Å². The second kappa shape index (κ2) is 3.49. The maximum atomic E-state index is 5.96. The van der Waals surface area contributed by atoms with Gasteiger partial charge in [0.05, 0.1) is 11.7 Å². The molecule has 0 atom stereocenters. The lowest BCUT2D eigenvalue weighted by Crippen LogP contribution is -2.48. The molecule has 2 nitrogen and oxygen atoms in total. The van der Waals surface area contributed by atoms with Gasteiger partial charge in [0.1, 0.15) is 0 Å². The van der Waals surface area contributed by atoms with E-state index in [1.165, 1.54) is 25.7 Å². The minimum atomic E-state index is 0.0252. The highest BCUT2D eigenvalue weighted by atomic mass is 16.5. The van der Waals surface area contributed by atoms with Gasteiger partial charge in [0.25, 0.3) is 0 Å². The Hall–Kier alpha value is -0.0800. The van der Waals surface area contributed by atoms with Crippen LogP contribution in [0.2, 0.25) is 0 Å². The van der Waals surface area contributed by atoms with Crippen molar-refractivity contribution in [3.63, 3.8) is 0 Å². The average molecular weight is 198 g/mol. The van der Waals surface area contributed by atoms with E-state index in [0.717, 1.165) is 13.2 Å². The molecular weight excluding hydrogens is 176 g/mol. The SMILES string of the molecule is CC(C)(C)OC1CC2(CCOCC2)C1. The Morgan fingerprint density at radius 3 is 2.21 bits per heavy atom. The lowest BCUT2D eigenvalue weighted by molar-refractivity contribution is -0.165. The van der Waals surface area contributed by atoms with Crippen molar-refractivity contribution in [2.24, 2.45) is 5.41 Å². The summed E-state index contributed by atoms with van der Waals surface area (Å²) in [4.78, 5) is 0. The van der Waals surface area contributed by atoms with Crippen molar-refractivity contribution in [1.29, 1.82) is 0 Å². The van der Waals surface area contributed by atoms with E-state index < -0.39 is 0 Å². The number of ether oxygens (including phenoxy) is 2. The number of rotatable bonds is 1. The van der Waals surface area contributed by atoms with E-state index in [0.29, 0.717) is 11.5 Å². The van der Waals surface area contributed by atoms with Gasteiger partial charge in [-0.05, 0) is 51.9 Å². The van der Waals surface area contributed by atoms with Gasteiger partial charge in [-0.2, -0.15) is 0 Å². The fourth-order valence-corrected chi connectivity index (χ4v) is 2.70. The largest absolute Gasteiger partial charge is 0.381 e. The van der Waals surface area contributed by atoms with Gasteiger partial charge < -0.3 is 9.47 Å². The third-order valence-corrected chi connectivity index (χ3v) is 3.40. The normalized spacial score (nSPS) is 27.6. The van der Waals surface area contributed by atoms with Crippen LogP contribution >= 0.6 is 0 Å². The molecule has 1 saturated heterocycles. The van der Waals surface area contributed by atoms with Crippen LogP contribution in [-0.4, -0.2) is 24.9 Å². The fourth-order valence-electron chi connectivity index (χ4n) is 2.70. The summed E-state index contributed by atoms with van der Waals surface area (Å²) in [5.41, 5.74) is 0.617. The Kier molecular flexibility index (Phi) is 2.61. The summed E-state index contributed by atoms with van der Waals surface area (Å²) in [6, 6.07) is 0. The topological polar surface area (TPSA) is 18.5 Å². The molecule has 0 radical (unpaired) electrons. The maximum Gasteiger partial charge on any atom is 0.0602 e. The van der Waals surface area contributed by atoms with Crippen LogP contribution < -0.4 is 0 Å². The quantitative estimate of drug-likeness (QED) is 0.645. The summed E-state index contributed by atoms with van der Waals surface area (Å²) in [5, 5.41) is 0. The van der Waals surface area contributed by atoms with Crippen molar-refractivity contribution in [2.75, 3.05) is 13.2 Å². The molecule has 0 aromatic rings. The molecule has 0 unspecified atom stereocenters. The molecule has 2 rings (SSSR count). The molecule has 2 heteroatoms. The third-order valence-electron chi connectivity index (χ3n) is 3.40. The number of hydrogen-bond acceptors (Lipinski definition) is 2. The monoisotopic (exact) mass is 198 g/mol. The van der Waals surface area contributed by atoms with E-state index in [1.54, 1.807) is 0 Å². The molecule has 2 fully saturated rings. The summed E-state index contributed by atoms with van der Waals surface area (Å²) in [6.07, 6.45) is 5.52. The van der Waals surface area contributed by atoms with Gasteiger partial charge in [-0.3, -0.25) is 0 Å². The molecule has 82 valence electrons. The Morgan fingerprint density at radius 2 is 1.71 bits per heavy atom. The number of hydrogen-bond donors (Lipinski definition) is 0. The standard InChI is InChI=1S/C12H22O2/c1-11(2,3)14-10-8-12(9-10)4-6-13-7-5-12/h10H,4-9H2,1-3H3. The minimum absolute atomic E-state index is 0.0252. The molecule has 1 aliphatic carbocycles. The molecule has 1 aliphatic heterocycles. The van der Waals surface area contributed by atoms with Crippen molar-refractivity contribution < 1.29 is 9.47 Å². The first-order valence-corrected chi connectivity index (χ1v) is 5.75. The highest BCUT2D eigenvalue weighted by Gasteiger charge is 2.46. The molecule has 1 saturated carbocycles. The van der Waals surface area contributed by atoms with Crippen molar-refractivity contribution in [2.45, 2.75) is 58.2 Å². The van der Waals surface area contributed by atoms with Crippen molar-refractivity contribution in [3.05, 3.63) is 0 Å². The summed E-state index contributed by atoms with van der Waals surface area (Å²) < 4.78 is 11.4. The summed E-state index contributed by atoms with van der Waals surface area (Å²) >= 11 is 0. The van der Waals surface area contributed by atoms with E-state index in [-0.39, 0.29) is 5.60 Å². The second-order valence-electron chi connectivity index (χ2n) is 5.87. The minimum Gasteiger partial charge on any atom is -0.381 e. The van der Waals surface area contributed by atoms with Crippen molar-refractivity contribution >= 4 is 0 Å². The highest BCUT2D eigenvalue weighted by Crippen LogP contribution is 2.50. The van der Waals surface area contributed by atoms with E-state index in [4.69, 9.17) is 9.47 Å². The zero-order valence-corrected chi connectivity index (χ0v) is 9.64. The molecule has 1 heterocycles. The summed E-state index contributed by atoms with van der Waals surface area (Å²) in [5.74, 6) is 0. The van der Waals surface area contributed by atoms with Gasteiger partial charge in [-0.25, -0.2) is 0 Å². The van der Waals surface area contributed by atoms with E-state index in [1.807, 2.05) is 0 Å². The molecule has 2 aliphatic rings. The fraction of sp³-hybridized carbons (Fsp3) is 1.00. The van der Waals surface area contributed by atoms with Gasteiger partial charge in [-0.15, -0.1) is 0 Å². The first-order valence-electron chi connectivity index (χ1n) is 5.75. The van der Waals surface area contributed by atoms with Crippen LogP contribution in [0.3, 0.4) is 0 Å². The predicted octanol–water partition coefficient (Wildman–Crippen LogP) is 2.76. The lowest BCUT2D eigenvalue weighted by atomic mass is 9.62. The second-order valence-corrected chi connectivity index (χ2v) is 5.87. The molecule has 1 spiro atoms. The maximum absolute atomic E-state index is 5.96. The zero-order chi connectivity index (χ0) is 10.2. The van der Waals surface area contributed by atoms with Gasteiger partial charge in [0.15, 0.2) is 0 Å². The Balaban J connectivity index is 1.78. The molecule has 0 N–H and O–H groups in total. The van der Waals surface area contributed by atoms with Gasteiger partial charge in [-0.1, -0.05) is 0 Å². The summed E-state index contributed by atoms with van der Waals surface area (Å²) in [6.45, 7) is 8.34. The van der Waals surface area contributed by atoms with Crippen LogP contribution in [0.5, 0.6) is 0 Å². The highest BCUT2D eigenvalue weighted by molar-refractivity contribution is 4.96. The third kappa shape index (κ3) is 2.29. The van der Waals surface area contributed by atoms with Crippen LogP contribution in [-0.2, 0) is 9.47 Å². The molecule has 0 aromatic carbocycles. The molecule has 0 amide bonds. The van der Waals surface area contributed by atoms with Gasteiger partial charge in [0.2, 0.25) is 0 Å². The van der Waals surface area contributed by atoms with Crippen LogP contribution in [0, 0.1) is 5.41 Å². The van der Waals surface area contributed by atoms with E-state index in [9.17, 15) is 0 Å². The first-order chi connectivity index (χ1) is 6.49. The van der Waals surface area contributed by atoms with E-state index >= 15 is 0 Å². The molecule has 0 bridgehead atoms. The Morgan fingerprint density at radius 1 is 1.14 bits per heavy atom. The lowest BCUT2D eigenvalue weighted by Gasteiger charge is -2.51. The smallest absolute Gasteiger partial charge is 0.0602 e. The Bertz CT molecular complexity index is 191. The van der Waals surface area contributed by atoms with Gasteiger partial charge in [0, 0.05) is 13.2 Å². The van der Waals surface area contributed by atoms with Crippen molar-refractivity contribution in [3.8, 4) is 0 Å². The van der Waals surface area contributed by atoms with Crippen LogP contribution in [0.4, 0.5) is 0 Å². The molecule has 14 heavy (non-hydrogen) atoms. The van der Waals surface area contributed by atoms with Crippen LogP contribution in [0.1, 0.15) is 46.5 Å². The zero-order valence-electron chi connectivity index (χ0n) is 9.64. The Labute approximate surface area is 87.0 Å². The van der Waals surface area contributed by atoms with Crippen molar-refractivity contribution in [1.82, 2.24) is 0 Å². The van der Waals surface area contributed by atoms with Crippen LogP contribution in [0.15, 0.2) is 0 Å². The molecular formula is C12H22O2. The van der Waals surface area contributed by atoms with E-state index in [2.05, 4.69) is 20.8 Å². The predicted molar refractivity (Wildman–Crippen MR) is 56.3 cm³/mol. The first kappa shape index (κ1) is 10.4. The summed E-state index contributed by atoms with van der Waals surface area (Å²) in [7, 11) is 0. The molecule has 0 aromatic heterocycles. The average Bonchev–Trinajstić information content (AvgIpc) is 2.00. The van der Waals surface area contributed by atoms with Crippen LogP contribution in [0.25, 0.3) is 0 Å².